The van der Waals surface area contributed by atoms with Crippen molar-refractivity contribution >= 4 is 35.3 Å². The van der Waals surface area contributed by atoms with Crippen LogP contribution in [0.25, 0.3) is 0 Å². The third-order valence-corrected chi connectivity index (χ3v) is 13.4. The van der Waals surface area contributed by atoms with Gasteiger partial charge in [-0.15, -0.1) is 0 Å². The third-order valence-electron chi connectivity index (χ3n) is 13.4. The van der Waals surface area contributed by atoms with Crippen molar-refractivity contribution in [3.63, 3.8) is 0 Å². The Labute approximate surface area is 431 Å². The van der Waals surface area contributed by atoms with Gasteiger partial charge in [-0.25, -0.2) is 9.59 Å². The van der Waals surface area contributed by atoms with Crippen LogP contribution < -0.4 is 10.6 Å². The normalized spacial score (nSPS) is 17.0. The van der Waals surface area contributed by atoms with Crippen LogP contribution in [-0.4, -0.2) is 153 Å². The Morgan fingerprint density at radius 3 is 1.23 bits per heavy atom. The first-order chi connectivity index (χ1) is 31.8. The minimum absolute atomic E-state index is 0. The molecular weight excluding hydrogens is 928 g/mol. The molecule has 4 aliphatic rings. The number of hydrogen-bond acceptors (Lipinski definition) is 10. The average Bonchev–Trinajstić information content (AvgIpc) is 3.25. The molecule has 6 rings (SSSR count). The summed E-state index contributed by atoms with van der Waals surface area (Å²) in [5.41, 5.74) is 7.27. The largest absolute Gasteiger partial charge is 0.507 e. The first-order valence-electron chi connectivity index (χ1n) is 25.3. The molecule has 4 heterocycles. The van der Waals surface area contributed by atoms with Gasteiger partial charge in [-0.05, 0) is 70.6 Å². The summed E-state index contributed by atoms with van der Waals surface area (Å²) in [4.78, 5) is 34.0. The maximum atomic E-state index is 12.1. The van der Waals surface area contributed by atoms with Crippen LogP contribution in [0.3, 0.4) is 0 Å². The van der Waals surface area contributed by atoms with E-state index in [9.17, 15) is 10.2 Å². The maximum absolute atomic E-state index is 12.1. The van der Waals surface area contributed by atoms with Gasteiger partial charge < -0.3 is 27.9 Å². The van der Waals surface area contributed by atoms with Crippen molar-refractivity contribution in [2.24, 2.45) is 9.98 Å². The Hall–Kier alpha value is -4.63. The molecule has 0 amide bonds. The first-order valence-corrected chi connectivity index (χ1v) is 25.3. The van der Waals surface area contributed by atoms with Gasteiger partial charge >= 0.3 is 23.9 Å². The van der Waals surface area contributed by atoms with E-state index in [0.717, 1.165) is 125 Å². The van der Waals surface area contributed by atoms with Gasteiger partial charge in [0.05, 0.1) is 78.5 Å². The molecule has 14 nitrogen and oxygen atoms in total. The number of benzene rings is 2. The Balaban J connectivity index is 0.00000152. The molecule has 0 fully saturated rings. The summed E-state index contributed by atoms with van der Waals surface area (Å²) < 4.78 is 5.02. The van der Waals surface area contributed by atoms with Gasteiger partial charge in [0, 0.05) is 76.1 Å². The first kappa shape index (κ1) is 59.7. The molecule has 0 atom stereocenters. The zero-order valence-corrected chi connectivity index (χ0v) is 46.1. The number of nitrogens with zero attached hydrogens (tertiary/aromatic N) is 6. The molecule has 0 aromatic heterocycles. The van der Waals surface area contributed by atoms with Crippen molar-refractivity contribution < 1.29 is 55.9 Å². The van der Waals surface area contributed by atoms with Crippen LogP contribution in [0.5, 0.6) is 11.5 Å². The van der Waals surface area contributed by atoms with Crippen LogP contribution in [0.1, 0.15) is 168 Å². The number of phenols is 2. The molecule has 4 aliphatic heterocycles. The molecule has 0 saturated carbocycles. The van der Waals surface area contributed by atoms with E-state index in [2.05, 4.69) is 137 Å². The number of phenolic OH excluding ortho intramolecular Hbond substituents is 2. The Morgan fingerprint density at radius 2 is 0.914 bits per heavy atom. The smallest absolute Gasteiger partial charge is 0.414 e. The van der Waals surface area contributed by atoms with Crippen molar-refractivity contribution in [2.45, 2.75) is 156 Å². The van der Waals surface area contributed by atoms with Crippen molar-refractivity contribution in [3.8, 4) is 11.5 Å². The summed E-state index contributed by atoms with van der Waals surface area (Å²) in [6.45, 7) is 38.2. The Kier molecular flexibility index (Phi) is 21.4. The molecule has 1 radical (unpaired) electrons. The molecule has 0 aliphatic carbocycles. The number of carboxylic acids is 2. The van der Waals surface area contributed by atoms with Crippen molar-refractivity contribution in [1.29, 1.82) is 0 Å². The van der Waals surface area contributed by atoms with Crippen molar-refractivity contribution in [1.82, 2.24) is 20.4 Å². The fourth-order valence-electron chi connectivity index (χ4n) is 9.55. The minimum atomic E-state index is -1.82. The van der Waals surface area contributed by atoms with E-state index in [1.807, 2.05) is 0 Å². The molecule has 0 bridgehead atoms. The summed E-state index contributed by atoms with van der Waals surface area (Å²) >= 11 is 0. The SMILES string of the molecule is CC(C)(C)c1cc(C(CCCN2CCC[N+]3=C2NCCC3)=NCCN=C(CCCN2CCC[N+]3=C2NCCC3)c2cc(C(C)(C)C)cc(C(C)(C)C)c2O)c(O)c(C(C)(C)C)c1.O=C(O)C(=O)O.[CH3-].[Co]. The molecule has 2 aromatic carbocycles. The van der Waals surface area contributed by atoms with Gasteiger partial charge in [-0.1, -0.05) is 95.2 Å². The summed E-state index contributed by atoms with van der Waals surface area (Å²) in [7, 11) is 0. The number of rotatable bonds is 13. The molecule has 70 heavy (non-hydrogen) atoms. The second-order valence-corrected chi connectivity index (χ2v) is 23.2. The molecular formula is C55H89CoN8O6+. The van der Waals surface area contributed by atoms with Gasteiger partial charge in [0.2, 0.25) is 0 Å². The quantitative estimate of drug-likeness (QED) is 0.0381. The topological polar surface area (TPSA) is 176 Å². The average molecular weight is 1020 g/mol. The van der Waals surface area contributed by atoms with Crippen LogP contribution in [-0.2, 0) is 48.0 Å². The number of hydrogen-bond donors (Lipinski definition) is 6. The number of aromatic hydroxyl groups is 2. The van der Waals surface area contributed by atoms with Gasteiger partial charge in [-0.2, -0.15) is 0 Å². The number of carboxylic acid groups (broad SMARTS) is 2. The summed E-state index contributed by atoms with van der Waals surface area (Å²) in [5.74, 6) is -0.377. The van der Waals surface area contributed by atoms with Gasteiger partial charge in [0.15, 0.2) is 0 Å². The summed E-state index contributed by atoms with van der Waals surface area (Å²) in [6.07, 6.45) is 8.10. The van der Waals surface area contributed by atoms with Gasteiger partial charge in [0.25, 0.3) is 0 Å². The van der Waals surface area contributed by atoms with E-state index in [0.29, 0.717) is 24.6 Å². The third kappa shape index (κ3) is 15.9. The maximum Gasteiger partial charge on any atom is 0.414 e. The molecule has 0 saturated heterocycles. The van der Waals surface area contributed by atoms with Crippen LogP contribution in [0.4, 0.5) is 0 Å². The van der Waals surface area contributed by atoms with E-state index in [4.69, 9.17) is 29.8 Å². The molecule has 393 valence electrons. The van der Waals surface area contributed by atoms with Crippen LogP contribution in [0.2, 0.25) is 0 Å². The molecule has 0 spiro atoms. The second kappa shape index (κ2) is 25.2. The van der Waals surface area contributed by atoms with E-state index < -0.39 is 11.9 Å². The summed E-state index contributed by atoms with van der Waals surface area (Å²) in [5, 5.41) is 46.4. The standard InChI is InChI=1S/C52H82N8O2.C2H2O4.CH3.Co/c1-49(2,3)37-33-39(45(61)41(35-37)51(7,8)9)43(19-13-25-57-29-17-31-59-27-15-21-55-47(57)59)53-23-24-54-44(20-14-26-58-30-18-32-60-28-16-22-56-48(58)60)40-34-38(50(4,5)6)36-42(46(40)62)52(10,11)12;3-1(4)2(5)6;;/h33-36H,13-32H2,1-12H3,(H2,53,54,61,62);(H,3,4)(H,5,6);1H3;/q;;-1;/p+2. The van der Waals surface area contributed by atoms with Crippen LogP contribution in [0, 0.1) is 7.43 Å². The Bertz CT molecular complexity index is 2090. The van der Waals surface area contributed by atoms with E-state index >= 15 is 0 Å². The molecule has 2 aromatic rings. The fourth-order valence-corrected chi connectivity index (χ4v) is 9.55. The van der Waals surface area contributed by atoms with Crippen molar-refractivity contribution in [2.75, 3.05) is 78.5 Å². The predicted molar refractivity (Wildman–Crippen MR) is 282 cm³/mol. The monoisotopic (exact) mass is 1020 g/mol. The zero-order chi connectivity index (χ0) is 50.2. The molecule has 0 unspecified atom stereocenters. The number of carbonyl (C=O) groups is 2. The van der Waals surface area contributed by atoms with E-state index in [1.165, 1.54) is 48.7 Å². The number of aliphatic carboxylic acids is 2. The molecule has 6 N–H and O–H groups in total. The second-order valence-electron chi connectivity index (χ2n) is 23.2. The summed E-state index contributed by atoms with van der Waals surface area (Å²) in [6, 6.07) is 8.80. The van der Waals surface area contributed by atoms with E-state index in [-0.39, 0.29) is 45.9 Å². The predicted octanol–water partition coefficient (Wildman–Crippen LogP) is 7.86. The zero-order valence-electron chi connectivity index (χ0n) is 45.1. The molecule has 15 heteroatoms. The Morgan fingerprint density at radius 1 is 0.571 bits per heavy atom. The van der Waals surface area contributed by atoms with Crippen LogP contribution in [0.15, 0.2) is 34.3 Å². The van der Waals surface area contributed by atoms with Gasteiger partial charge in [-0.3, -0.25) is 39.6 Å². The van der Waals surface area contributed by atoms with Gasteiger partial charge in [0.1, 0.15) is 11.5 Å². The fraction of sp³-hybridized carbons (Fsp3) is 0.655. The minimum Gasteiger partial charge on any atom is -0.507 e. The van der Waals surface area contributed by atoms with Crippen LogP contribution >= 0.6 is 0 Å². The number of aliphatic imine (C=N–C) groups is 2. The van der Waals surface area contributed by atoms with Crippen molar-refractivity contribution in [3.05, 3.63) is 65.1 Å². The van der Waals surface area contributed by atoms with E-state index in [1.54, 1.807) is 0 Å². The number of guanidine groups is 2. The number of nitrogens with one attached hydrogen (secondary N) is 2.